The number of nitrogens with zero attached hydrogens (tertiary/aromatic N) is 1. The molecule has 1 aliphatic carbocycles. The van der Waals surface area contributed by atoms with Crippen LogP contribution in [0.1, 0.15) is 19.3 Å². The second-order valence-corrected chi connectivity index (χ2v) is 4.54. The van der Waals surface area contributed by atoms with Crippen LogP contribution in [0.4, 0.5) is 0 Å². The highest BCUT2D eigenvalue weighted by atomic mass is 16.5. The van der Waals surface area contributed by atoms with E-state index in [1.807, 2.05) is 0 Å². The van der Waals surface area contributed by atoms with E-state index in [9.17, 15) is 0 Å². The van der Waals surface area contributed by atoms with Gasteiger partial charge in [0.05, 0.1) is 6.61 Å². The van der Waals surface area contributed by atoms with Gasteiger partial charge in [0.25, 0.3) is 0 Å². The van der Waals surface area contributed by atoms with E-state index in [1.54, 1.807) is 7.11 Å². The summed E-state index contributed by atoms with van der Waals surface area (Å²) in [6, 6.07) is 0. The molecular formula is C13H21NO. The van der Waals surface area contributed by atoms with E-state index in [0.29, 0.717) is 5.92 Å². The van der Waals surface area contributed by atoms with Gasteiger partial charge in [-0.1, -0.05) is 24.6 Å². The summed E-state index contributed by atoms with van der Waals surface area (Å²) >= 11 is 0. The highest BCUT2D eigenvalue weighted by molar-refractivity contribution is 5.37. The Morgan fingerprint density at radius 1 is 1.33 bits per heavy atom. The van der Waals surface area contributed by atoms with Gasteiger partial charge in [-0.15, -0.1) is 0 Å². The molecule has 0 radical (unpaired) electrons. The highest BCUT2D eigenvalue weighted by Gasteiger charge is 2.19. The first kappa shape index (κ1) is 10.9. The SMILES string of the molecule is COCC(CN1CCCCC1)C1=CC=C1. The van der Waals surface area contributed by atoms with Gasteiger partial charge in [0.15, 0.2) is 0 Å². The van der Waals surface area contributed by atoms with E-state index < -0.39 is 0 Å². The second-order valence-electron chi connectivity index (χ2n) is 4.54. The molecule has 1 fully saturated rings. The maximum absolute atomic E-state index is 5.30. The van der Waals surface area contributed by atoms with Crippen molar-refractivity contribution in [2.24, 2.45) is 5.92 Å². The predicted octanol–water partition coefficient (Wildman–Crippen LogP) is 2.23. The Kier molecular flexibility index (Phi) is 3.98. The molecule has 1 saturated heterocycles. The minimum atomic E-state index is 0.582. The third-order valence-electron chi connectivity index (χ3n) is 3.34. The first-order valence-corrected chi connectivity index (χ1v) is 5.99. The van der Waals surface area contributed by atoms with Crippen LogP contribution in [0.25, 0.3) is 0 Å². The summed E-state index contributed by atoms with van der Waals surface area (Å²) in [5, 5.41) is 0. The van der Waals surface area contributed by atoms with Crippen molar-refractivity contribution in [3.05, 3.63) is 23.8 Å². The maximum atomic E-state index is 5.30. The van der Waals surface area contributed by atoms with Crippen LogP contribution in [0, 0.1) is 5.92 Å². The smallest absolute Gasteiger partial charge is 0.0543 e. The first-order chi connectivity index (χ1) is 7.40. The Morgan fingerprint density at radius 3 is 2.60 bits per heavy atom. The van der Waals surface area contributed by atoms with Crippen LogP contribution < -0.4 is 0 Å². The number of ether oxygens (including phenoxy) is 1. The van der Waals surface area contributed by atoms with E-state index in [1.165, 1.54) is 44.5 Å². The lowest BCUT2D eigenvalue weighted by Crippen LogP contribution is -2.36. The number of hydrogen-bond acceptors (Lipinski definition) is 2. The van der Waals surface area contributed by atoms with Gasteiger partial charge >= 0.3 is 0 Å². The largest absolute Gasteiger partial charge is 0.384 e. The fraction of sp³-hybridized carbons (Fsp3) is 0.692. The maximum Gasteiger partial charge on any atom is 0.0543 e. The van der Waals surface area contributed by atoms with E-state index in [-0.39, 0.29) is 0 Å². The molecule has 1 heterocycles. The van der Waals surface area contributed by atoms with Crippen LogP contribution in [-0.2, 0) is 4.74 Å². The molecule has 84 valence electrons. The second kappa shape index (κ2) is 5.47. The van der Waals surface area contributed by atoms with Gasteiger partial charge in [0, 0.05) is 19.6 Å². The molecule has 0 saturated carbocycles. The Hall–Kier alpha value is -0.600. The lowest BCUT2D eigenvalue weighted by molar-refractivity contribution is 0.128. The highest BCUT2D eigenvalue weighted by Crippen LogP contribution is 2.22. The summed E-state index contributed by atoms with van der Waals surface area (Å²) in [5.41, 5.74) is 1.46. The topological polar surface area (TPSA) is 12.5 Å². The van der Waals surface area contributed by atoms with Gasteiger partial charge in [0.1, 0.15) is 0 Å². The standard InChI is InChI=1S/C13H21NO/c1-15-11-13(12-6-5-7-12)10-14-8-3-2-4-9-14/h5-7,13H,2-4,8-11H2,1H3. The van der Waals surface area contributed by atoms with Crippen LogP contribution >= 0.6 is 0 Å². The molecule has 0 amide bonds. The quantitative estimate of drug-likeness (QED) is 0.685. The van der Waals surface area contributed by atoms with Crippen molar-refractivity contribution in [2.45, 2.75) is 19.3 Å². The minimum Gasteiger partial charge on any atom is -0.384 e. The zero-order valence-corrected chi connectivity index (χ0v) is 9.61. The van der Waals surface area contributed by atoms with Crippen LogP contribution in [0.3, 0.4) is 0 Å². The predicted molar refractivity (Wildman–Crippen MR) is 62.9 cm³/mol. The average molecular weight is 207 g/mol. The lowest BCUT2D eigenvalue weighted by Gasteiger charge is -2.31. The fourth-order valence-corrected chi connectivity index (χ4v) is 2.39. The van der Waals surface area contributed by atoms with Crippen molar-refractivity contribution in [2.75, 3.05) is 33.4 Å². The Labute approximate surface area is 92.6 Å². The molecule has 1 aliphatic heterocycles. The van der Waals surface area contributed by atoms with Crippen molar-refractivity contribution < 1.29 is 4.74 Å². The third kappa shape index (κ3) is 2.93. The molecule has 1 atom stereocenters. The molecule has 15 heavy (non-hydrogen) atoms. The number of rotatable bonds is 5. The molecule has 1 unspecified atom stereocenters. The van der Waals surface area contributed by atoms with Gasteiger partial charge in [-0.05, 0) is 31.5 Å². The molecule has 2 aliphatic rings. The molecular weight excluding hydrogens is 186 g/mol. The number of methoxy groups -OCH3 is 1. The van der Waals surface area contributed by atoms with E-state index in [2.05, 4.69) is 23.1 Å². The van der Waals surface area contributed by atoms with Crippen molar-refractivity contribution in [1.82, 2.24) is 4.90 Å². The average Bonchev–Trinajstić information content (AvgIpc) is 2.17. The van der Waals surface area contributed by atoms with Gasteiger partial charge < -0.3 is 9.64 Å². The van der Waals surface area contributed by atoms with Crippen LogP contribution in [-0.4, -0.2) is 38.3 Å². The van der Waals surface area contributed by atoms with Crippen LogP contribution in [0.2, 0.25) is 0 Å². The Balaban J connectivity index is 1.82. The summed E-state index contributed by atoms with van der Waals surface area (Å²) in [5.74, 6) is 0.582. The van der Waals surface area contributed by atoms with Crippen LogP contribution in [0.15, 0.2) is 23.8 Å². The zero-order chi connectivity index (χ0) is 10.5. The monoisotopic (exact) mass is 207 g/mol. The van der Waals surface area contributed by atoms with Crippen LogP contribution in [0.5, 0.6) is 0 Å². The molecule has 0 aromatic rings. The molecule has 0 bridgehead atoms. The summed E-state index contributed by atoms with van der Waals surface area (Å²) in [6.45, 7) is 4.57. The third-order valence-corrected chi connectivity index (χ3v) is 3.34. The molecule has 2 rings (SSSR count). The van der Waals surface area contributed by atoms with Crippen molar-refractivity contribution >= 4 is 0 Å². The lowest BCUT2D eigenvalue weighted by atomic mass is 9.92. The van der Waals surface area contributed by atoms with E-state index in [0.717, 1.165) is 6.61 Å². The van der Waals surface area contributed by atoms with E-state index in [4.69, 9.17) is 4.74 Å². The normalized spacial score (nSPS) is 23.4. The summed E-state index contributed by atoms with van der Waals surface area (Å²) in [6.07, 6.45) is 10.7. The Bertz CT molecular complexity index is 251. The number of hydrogen-bond donors (Lipinski definition) is 0. The fourth-order valence-electron chi connectivity index (χ4n) is 2.39. The van der Waals surface area contributed by atoms with E-state index >= 15 is 0 Å². The van der Waals surface area contributed by atoms with Crippen molar-refractivity contribution in [3.63, 3.8) is 0 Å². The molecule has 0 spiro atoms. The number of allylic oxidation sites excluding steroid dienone is 3. The van der Waals surface area contributed by atoms with Gasteiger partial charge in [-0.25, -0.2) is 0 Å². The summed E-state index contributed by atoms with van der Waals surface area (Å²) in [4.78, 5) is 2.58. The molecule has 2 nitrogen and oxygen atoms in total. The molecule has 0 aromatic heterocycles. The first-order valence-electron chi connectivity index (χ1n) is 5.99. The zero-order valence-electron chi connectivity index (χ0n) is 9.61. The minimum absolute atomic E-state index is 0.582. The molecule has 0 aromatic carbocycles. The van der Waals surface area contributed by atoms with Crippen molar-refractivity contribution in [1.29, 1.82) is 0 Å². The molecule has 2 heteroatoms. The van der Waals surface area contributed by atoms with Crippen molar-refractivity contribution in [3.8, 4) is 0 Å². The Morgan fingerprint density at radius 2 is 2.07 bits per heavy atom. The number of piperidine rings is 1. The molecule has 0 N–H and O–H groups in total. The van der Waals surface area contributed by atoms with Gasteiger partial charge in [-0.2, -0.15) is 0 Å². The van der Waals surface area contributed by atoms with Gasteiger partial charge in [0.2, 0.25) is 0 Å². The summed E-state index contributed by atoms with van der Waals surface area (Å²) in [7, 11) is 1.80. The summed E-state index contributed by atoms with van der Waals surface area (Å²) < 4.78 is 5.30. The van der Waals surface area contributed by atoms with Gasteiger partial charge in [-0.3, -0.25) is 0 Å². The number of likely N-dealkylation sites (tertiary alicyclic amines) is 1.